The van der Waals surface area contributed by atoms with Crippen LogP contribution in [0.5, 0.6) is 0 Å². The first-order valence-corrected chi connectivity index (χ1v) is 9.46. The monoisotopic (exact) mass is 333 g/mol. The second kappa shape index (κ2) is 5.74. The maximum atomic E-state index is 12.8. The van der Waals surface area contributed by atoms with Crippen molar-refractivity contribution in [3.63, 3.8) is 0 Å². The Kier molecular flexibility index (Phi) is 3.81. The molecule has 6 nitrogen and oxygen atoms in total. The van der Waals surface area contributed by atoms with E-state index >= 15 is 0 Å². The van der Waals surface area contributed by atoms with Crippen molar-refractivity contribution in [1.29, 1.82) is 0 Å². The minimum Gasteiger partial charge on any atom is -0.340 e. The second-order valence-corrected chi connectivity index (χ2v) is 8.05. The van der Waals surface area contributed by atoms with Crippen LogP contribution in [0.25, 0.3) is 0 Å². The zero-order chi connectivity index (χ0) is 16.9. The van der Waals surface area contributed by atoms with Crippen LogP contribution in [0.15, 0.2) is 0 Å². The van der Waals surface area contributed by atoms with E-state index in [1.54, 1.807) is 4.90 Å². The summed E-state index contributed by atoms with van der Waals surface area (Å²) in [5.74, 6) is 0.341. The molecule has 1 aliphatic carbocycles. The molecule has 3 saturated heterocycles. The molecular formula is C18H27N3O3. The van der Waals surface area contributed by atoms with Gasteiger partial charge >= 0.3 is 6.03 Å². The fraction of sp³-hybridized carbons (Fsp3) is 0.833. The highest BCUT2D eigenvalue weighted by molar-refractivity contribution is 6.07. The summed E-state index contributed by atoms with van der Waals surface area (Å²) in [4.78, 5) is 43.3. The smallest absolute Gasteiger partial charge is 0.327 e. The van der Waals surface area contributed by atoms with Gasteiger partial charge in [0, 0.05) is 25.6 Å². The summed E-state index contributed by atoms with van der Waals surface area (Å²) in [6.07, 6.45) is 7.89. The van der Waals surface area contributed by atoms with E-state index in [4.69, 9.17) is 0 Å². The average Bonchev–Trinajstić information content (AvgIpc) is 3.26. The number of likely N-dealkylation sites (tertiary alicyclic amines) is 1. The van der Waals surface area contributed by atoms with Gasteiger partial charge in [0.25, 0.3) is 5.91 Å². The molecule has 2 atom stereocenters. The number of imide groups is 1. The van der Waals surface area contributed by atoms with E-state index < -0.39 is 5.54 Å². The SMILES string of the molecule is CC12CCCN1C(=O)N(C1CCN(C(=O)C3CCCCC3)C1)C2=O. The van der Waals surface area contributed by atoms with E-state index in [1.807, 2.05) is 11.8 Å². The van der Waals surface area contributed by atoms with Crippen LogP contribution in [0.3, 0.4) is 0 Å². The summed E-state index contributed by atoms with van der Waals surface area (Å²) < 4.78 is 0. The molecule has 0 aromatic heterocycles. The molecule has 4 amide bonds. The van der Waals surface area contributed by atoms with Gasteiger partial charge in [0.15, 0.2) is 0 Å². The molecule has 6 heteroatoms. The zero-order valence-electron chi connectivity index (χ0n) is 14.5. The lowest BCUT2D eigenvalue weighted by molar-refractivity contribution is -0.137. The maximum absolute atomic E-state index is 12.8. The van der Waals surface area contributed by atoms with Gasteiger partial charge in [0.2, 0.25) is 5.91 Å². The Bertz CT molecular complexity index is 572. The van der Waals surface area contributed by atoms with Gasteiger partial charge in [-0.1, -0.05) is 19.3 Å². The highest BCUT2D eigenvalue weighted by Crippen LogP contribution is 2.39. The van der Waals surface area contributed by atoms with Crippen molar-refractivity contribution in [3.05, 3.63) is 0 Å². The Morgan fingerprint density at radius 1 is 1.04 bits per heavy atom. The third-order valence-corrected chi connectivity index (χ3v) is 6.55. The Morgan fingerprint density at radius 2 is 1.79 bits per heavy atom. The van der Waals surface area contributed by atoms with Crippen molar-refractivity contribution in [2.75, 3.05) is 19.6 Å². The number of hydrogen-bond donors (Lipinski definition) is 0. The fourth-order valence-electron chi connectivity index (χ4n) is 5.05. The molecular weight excluding hydrogens is 306 g/mol. The number of nitrogens with zero attached hydrogens (tertiary/aromatic N) is 3. The van der Waals surface area contributed by atoms with Crippen LogP contribution in [0.2, 0.25) is 0 Å². The van der Waals surface area contributed by atoms with Crippen LogP contribution >= 0.6 is 0 Å². The first-order valence-electron chi connectivity index (χ1n) is 9.46. The largest absolute Gasteiger partial charge is 0.340 e. The van der Waals surface area contributed by atoms with E-state index in [9.17, 15) is 14.4 Å². The molecule has 132 valence electrons. The van der Waals surface area contributed by atoms with E-state index in [-0.39, 0.29) is 29.8 Å². The lowest BCUT2D eigenvalue weighted by Gasteiger charge is -2.27. The second-order valence-electron chi connectivity index (χ2n) is 8.05. The number of carbonyl (C=O) groups is 3. The molecule has 0 N–H and O–H groups in total. The topological polar surface area (TPSA) is 60.9 Å². The zero-order valence-corrected chi connectivity index (χ0v) is 14.5. The van der Waals surface area contributed by atoms with Gasteiger partial charge in [-0.3, -0.25) is 14.5 Å². The molecule has 4 fully saturated rings. The van der Waals surface area contributed by atoms with Crippen LogP contribution in [0.4, 0.5) is 4.79 Å². The molecule has 4 aliphatic rings. The number of rotatable bonds is 2. The molecule has 4 rings (SSSR count). The van der Waals surface area contributed by atoms with Crippen LogP contribution in [0, 0.1) is 5.92 Å². The van der Waals surface area contributed by atoms with E-state index in [0.29, 0.717) is 19.6 Å². The number of amides is 4. The van der Waals surface area contributed by atoms with Gasteiger partial charge in [-0.2, -0.15) is 0 Å². The van der Waals surface area contributed by atoms with Crippen LogP contribution in [-0.4, -0.2) is 63.8 Å². The molecule has 0 spiro atoms. The molecule has 1 saturated carbocycles. The molecule has 24 heavy (non-hydrogen) atoms. The highest BCUT2D eigenvalue weighted by Gasteiger charge is 2.58. The lowest BCUT2D eigenvalue weighted by Crippen LogP contribution is -2.46. The minimum absolute atomic E-state index is 0.0537. The summed E-state index contributed by atoms with van der Waals surface area (Å²) in [5, 5.41) is 0. The van der Waals surface area contributed by atoms with Crippen molar-refractivity contribution < 1.29 is 14.4 Å². The molecule has 0 radical (unpaired) electrons. The quantitative estimate of drug-likeness (QED) is 0.726. The van der Waals surface area contributed by atoms with Crippen molar-refractivity contribution in [3.8, 4) is 0 Å². The number of hydrogen-bond acceptors (Lipinski definition) is 3. The summed E-state index contributed by atoms with van der Waals surface area (Å²) in [5.41, 5.74) is -0.641. The Labute approximate surface area is 143 Å². The Hall–Kier alpha value is -1.59. The van der Waals surface area contributed by atoms with Gasteiger partial charge in [-0.05, 0) is 39.0 Å². The standard InChI is InChI=1S/C18H27N3O3/c1-18-9-5-10-20(18)17(24)21(16(18)23)14-8-11-19(12-14)15(22)13-6-3-2-4-7-13/h13-14H,2-12H2,1H3. The third-order valence-electron chi connectivity index (χ3n) is 6.55. The summed E-state index contributed by atoms with van der Waals surface area (Å²) in [7, 11) is 0. The number of urea groups is 1. The van der Waals surface area contributed by atoms with Gasteiger partial charge in [0.1, 0.15) is 5.54 Å². The fourth-order valence-corrected chi connectivity index (χ4v) is 5.05. The van der Waals surface area contributed by atoms with Gasteiger partial charge in [-0.25, -0.2) is 4.79 Å². The number of fused-ring (bicyclic) bond motifs is 1. The molecule has 2 unspecified atom stereocenters. The predicted molar refractivity (Wildman–Crippen MR) is 88.1 cm³/mol. The number of carbonyl (C=O) groups excluding carboxylic acids is 3. The highest BCUT2D eigenvalue weighted by atomic mass is 16.2. The third kappa shape index (κ3) is 2.25. The summed E-state index contributed by atoms with van der Waals surface area (Å²) >= 11 is 0. The van der Waals surface area contributed by atoms with Crippen molar-refractivity contribution in [1.82, 2.24) is 14.7 Å². The molecule has 0 aromatic rings. The van der Waals surface area contributed by atoms with Crippen LogP contribution in [0.1, 0.15) is 58.3 Å². The first kappa shape index (κ1) is 15.9. The van der Waals surface area contributed by atoms with E-state index in [1.165, 1.54) is 11.3 Å². The molecule has 0 aromatic carbocycles. The summed E-state index contributed by atoms with van der Waals surface area (Å²) in [6, 6.07) is -0.281. The minimum atomic E-state index is -0.641. The Morgan fingerprint density at radius 3 is 2.50 bits per heavy atom. The lowest BCUT2D eigenvalue weighted by atomic mass is 9.88. The van der Waals surface area contributed by atoms with Gasteiger partial charge < -0.3 is 9.80 Å². The Balaban J connectivity index is 1.44. The molecule has 3 aliphatic heterocycles. The van der Waals surface area contributed by atoms with Crippen molar-refractivity contribution in [2.24, 2.45) is 5.92 Å². The van der Waals surface area contributed by atoms with E-state index in [0.717, 1.165) is 44.9 Å². The first-order chi connectivity index (χ1) is 11.5. The summed E-state index contributed by atoms with van der Waals surface area (Å²) in [6.45, 7) is 3.76. The van der Waals surface area contributed by atoms with Crippen molar-refractivity contribution >= 4 is 17.8 Å². The van der Waals surface area contributed by atoms with Gasteiger partial charge in [-0.15, -0.1) is 0 Å². The molecule has 0 bridgehead atoms. The van der Waals surface area contributed by atoms with Crippen LogP contribution < -0.4 is 0 Å². The van der Waals surface area contributed by atoms with Crippen LogP contribution in [-0.2, 0) is 9.59 Å². The van der Waals surface area contributed by atoms with Gasteiger partial charge in [0.05, 0.1) is 6.04 Å². The van der Waals surface area contributed by atoms with Crippen molar-refractivity contribution in [2.45, 2.75) is 69.9 Å². The van der Waals surface area contributed by atoms with E-state index in [2.05, 4.69) is 0 Å². The normalized spacial score (nSPS) is 34.4. The predicted octanol–water partition coefficient (Wildman–Crippen LogP) is 1.98. The maximum Gasteiger partial charge on any atom is 0.327 e. The molecule has 3 heterocycles. The average molecular weight is 333 g/mol.